The molecule has 5 heteroatoms. The number of nitrogens with zero attached hydrogens (tertiary/aromatic N) is 1. The predicted molar refractivity (Wildman–Crippen MR) is 127 cm³/mol. The van der Waals surface area contributed by atoms with Crippen molar-refractivity contribution in [3.8, 4) is 0 Å². The van der Waals surface area contributed by atoms with Crippen molar-refractivity contribution in [1.29, 1.82) is 0 Å². The van der Waals surface area contributed by atoms with Gasteiger partial charge in [-0.3, -0.25) is 0 Å². The van der Waals surface area contributed by atoms with E-state index in [0.717, 1.165) is 28.5 Å². The Balaban J connectivity index is 1.27. The third-order valence-corrected chi connectivity index (χ3v) is 8.41. The van der Waals surface area contributed by atoms with Gasteiger partial charge in [-0.15, -0.1) is 0 Å². The number of hydrogen-bond acceptors (Lipinski definition) is 4. The molecule has 1 saturated heterocycles. The molecule has 3 aliphatic rings. The average molecular weight is 454 g/mol. The highest BCUT2D eigenvalue weighted by molar-refractivity contribution is 6.31. The fourth-order valence-corrected chi connectivity index (χ4v) is 6.41. The summed E-state index contributed by atoms with van der Waals surface area (Å²) in [5.74, 6) is 0.733. The van der Waals surface area contributed by atoms with Gasteiger partial charge in [-0.05, 0) is 71.8 Å². The van der Waals surface area contributed by atoms with E-state index in [1.807, 2.05) is 12.1 Å². The van der Waals surface area contributed by atoms with Gasteiger partial charge < -0.3 is 9.84 Å². The first-order chi connectivity index (χ1) is 15.6. The number of halogens is 1. The largest absolute Gasteiger partial charge is 0.394 e. The first kappa shape index (κ1) is 22.1. The lowest BCUT2D eigenvalue weighted by Gasteiger charge is -2.46. The number of nitroso groups, excluding NO2 is 1. The molecule has 2 saturated carbocycles. The Morgan fingerprint density at radius 3 is 2.44 bits per heavy atom. The third-order valence-electron chi connectivity index (χ3n) is 8.04. The first-order valence-corrected chi connectivity index (χ1v) is 12.4. The molecule has 0 bridgehead atoms. The molecule has 1 heterocycles. The molecule has 1 unspecified atom stereocenters. The van der Waals surface area contributed by atoms with E-state index in [1.54, 1.807) is 0 Å². The highest BCUT2D eigenvalue weighted by Crippen LogP contribution is 2.59. The fourth-order valence-electron chi connectivity index (χ4n) is 6.22. The van der Waals surface area contributed by atoms with Crippen molar-refractivity contribution < 1.29 is 9.84 Å². The van der Waals surface area contributed by atoms with Crippen molar-refractivity contribution >= 4 is 11.6 Å². The topological polar surface area (TPSA) is 58.9 Å². The summed E-state index contributed by atoms with van der Waals surface area (Å²) in [4.78, 5) is 11.1. The Bertz CT molecular complexity index is 946. The van der Waals surface area contributed by atoms with Gasteiger partial charge in [0.05, 0.1) is 24.9 Å². The van der Waals surface area contributed by atoms with Crippen LogP contribution in [0.4, 0.5) is 0 Å². The first-order valence-electron chi connectivity index (χ1n) is 12.0. The predicted octanol–water partition coefficient (Wildman–Crippen LogP) is 6.72. The summed E-state index contributed by atoms with van der Waals surface area (Å²) in [6.07, 6.45) is 9.63. The number of ether oxygens (including phenoxy) is 1. The zero-order valence-electron chi connectivity index (χ0n) is 18.5. The molecule has 2 aromatic rings. The molecule has 1 N–H and O–H groups in total. The Morgan fingerprint density at radius 2 is 1.75 bits per heavy atom. The summed E-state index contributed by atoms with van der Waals surface area (Å²) in [5, 5.41) is 13.5. The summed E-state index contributed by atoms with van der Waals surface area (Å²) in [7, 11) is 0. The van der Waals surface area contributed by atoms with Gasteiger partial charge in [0.2, 0.25) is 0 Å². The van der Waals surface area contributed by atoms with Crippen LogP contribution in [0.5, 0.6) is 0 Å². The highest BCUT2D eigenvalue weighted by atomic mass is 35.5. The van der Waals surface area contributed by atoms with Gasteiger partial charge in [0.15, 0.2) is 0 Å². The molecule has 1 spiro atoms. The molecule has 0 aromatic heterocycles. The molecule has 3 fully saturated rings. The Morgan fingerprint density at radius 1 is 1.03 bits per heavy atom. The van der Waals surface area contributed by atoms with E-state index in [9.17, 15) is 10.0 Å². The van der Waals surface area contributed by atoms with E-state index in [4.69, 9.17) is 16.3 Å². The minimum absolute atomic E-state index is 0.0998. The molecule has 170 valence electrons. The van der Waals surface area contributed by atoms with Crippen LogP contribution in [0, 0.1) is 10.3 Å². The van der Waals surface area contributed by atoms with Gasteiger partial charge in [0.1, 0.15) is 0 Å². The smallest absolute Gasteiger partial charge is 0.0973 e. The van der Waals surface area contributed by atoms with Gasteiger partial charge in [-0.2, -0.15) is 4.91 Å². The van der Waals surface area contributed by atoms with Crippen molar-refractivity contribution in [3.63, 3.8) is 0 Å². The molecule has 4 nitrogen and oxygen atoms in total. The van der Waals surface area contributed by atoms with E-state index in [-0.39, 0.29) is 24.9 Å². The van der Waals surface area contributed by atoms with Crippen molar-refractivity contribution in [1.82, 2.24) is 0 Å². The zero-order chi connectivity index (χ0) is 22.1. The van der Waals surface area contributed by atoms with Crippen LogP contribution in [0.25, 0.3) is 0 Å². The van der Waals surface area contributed by atoms with Gasteiger partial charge in [-0.25, -0.2) is 0 Å². The monoisotopic (exact) mass is 453 g/mol. The normalized spacial score (nSPS) is 27.4. The number of rotatable bonds is 6. The number of aliphatic hydroxyl groups is 1. The van der Waals surface area contributed by atoms with E-state index in [2.05, 4.69) is 35.5 Å². The SMILES string of the molecule is O=N[C@@H]1CC(c2ccc(Cl)c(Cc3ccc(C4CC5(CCCC5)C4)cc3)c2)O[C@H](CO)C1. The lowest BCUT2D eigenvalue weighted by atomic mass is 9.59. The maximum atomic E-state index is 11.1. The molecule has 0 radical (unpaired) electrons. The van der Waals surface area contributed by atoms with Crippen LogP contribution in [0.15, 0.2) is 47.6 Å². The minimum atomic E-state index is -0.349. The van der Waals surface area contributed by atoms with Crippen molar-refractivity contribution in [3.05, 3.63) is 74.6 Å². The molecule has 1 aliphatic heterocycles. The summed E-state index contributed by atoms with van der Waals surface area (Å²) >= 11 is 6.53. The average Bonchev–Trinajstić information content (AvgIpc) is 3.30. The highest BCUT2D eigenvalue weighted by Gasteiger charge is 2.45. The summed E-state index contributed by atoms with van der Waals surface area (Å²) in [5.41, 5.74) is 5.43. The summed E-state index contributed by atoms with van der Waals surface area (Å²) in [6, 6.07) is 14.7. The molecule has 3 atom stereocenters. The van der Waals surface area contributed by atoms with Crippen molar-refractivity contribution in [2.45, 2.75) is 82.0 Å². The lowest BCUT2D eigenvalue weighted by molar-refractivity contribution is -0.0796. The second-order valence-corrected chi connectivity index (χ2v) is 10.6. The molecule has 32 heavy (non-hydrogen) atoms. The van der Waals surface area contributed by atoms with Gasteiger partial charge in [0.25, 0.3) is 0 Å². The summed E-state index contributed by atoms with van der Waals surface area (Å²) < 4.78 is 6.01. The number of hydrogen-bond donors (Lipinski definition) is 1. The van der Waals surface area contributed by atoms with Crippen LogP contribution in [0.3, 0.4) is 0 Å². The minimum Gasteiger partial charge on any atom is -0.394 e. The van der Waals surface area contributed by atoms with Crippen LogP contribution in [-0.4, -0.2) is 23.9 Å². The lowest BCUT2D eigenvalue weighted by Crippen LogP contribution is -2.33. The fraction of sp³-hybridized carbons (Fsp3) is 0.556. The standard InChI is InChI=1S/C27H32ClNO3/c28-25-8-7-20(26-14-23(29-31)13-24(17-30)32-26)12-21(25)11-18-3-5-19(6-4-18)22-15-27(16-22)9-1-2-10-27/h3-8,12,22-24,26,30H,1-2,9-11,13-17H2/t23-,24-,26?/m0/s1. The number of aliphatic hydroxyl groups excluding tert-OH is 1. The van der Waals surface area contributed by atoms with E-state index in [1.165, 1.54) is 49.7 Å². The Kier molecular flexibility index (Phi) is 6.37. The Hall–Kier alpha value is -1.75. The maximum Gasteiger partial charge on any atom is 0.0973 e. The molecule has 5 rings (SSSR count). The van der Waals surface area contributed by atoms with Crippen molar-refractivity contribution in [2.24, 2.45) is 10.6 Å². The zero-order valence-corrected chi connectivity index (χ0v) is 19.3. The van der Waals surface area contributed by atoms with Gasteiger partial charge in [0, 0.05) is 17.9 Å². The second kappa shape index (κ2) is 9.24. The van der Waals surface area contributed by atoms with Crippen LogP contribution in [0.2, 0.25) is 5.02 Å². The molecule has 2 aliphatic carbocycles. The van der Waals surface area contributed by atoms with Crippen LogP contribution < -0.4 is 0 Å². The van der Waals surface area contributed by atoms with E-state index in [0.29, 0.717) is 18.3 Å². The summed E-state index contributed by atoms with van der Waals surface area (Å²) in [6.45, 7) is -0.0998. The van der Waals surface area contributed by atoms with E-state index < -0.39 is 0 Å². The van der Waals surface area contributed by atoms with Gasteiger partial charge in [-0.1, -0.05) is 66.0 Å². The van der Waals surface area contributed by atoms with Crippen LogP contribution >= 0.6 is 11.6 Å². The maximum absolute atomic E-state index is 11.1. The molecule has 0 amide bonds. The van der Waals surface area contributed by atoms with Crippen LogP contribution in [0.1, 0.15) is 85.6 Å². The van der Waals surface area contributed by atoms with Crippen molar-refractivity contribution in [2.75, 3.05) is 6.61 Å². The van der Waals surface area contributed by atoms with E-state index >= 15 is 0 Å². The quantitative estimate of drug-likeness (QED) is 0.494. The molecular weight excluding hydrogens is 422 g/mol. The number of benzene rings is 2. The van der Waals surface area contributed by atoms with Gasteiger partial charge >= 0.3 is 0 Å². The molecular formula is C27H32ClNO3. The molecule has 2 aromatic carbocycles. The Labute approximate surface area is 195 Å². The van der Waals surface area contributed by atoms with Crippen LogP contribution in [-0.2, 0) is 11.2 Å². The third kappa shape index (κ3) is 4.50. The second-order valence-electron chi connectivity index (χ2n) is 10.2.